The molecule has 3 rings (SSSR count). The van der Waals surface area contributed by atoms with E-state index in [2.05, 4.69) is 10.3 Å². The number of hydrogen-bond donors (Lipinski definition) is 1. The minimum atomic E-state index is -4.86. The van der Waals surface area contributed by atoms with Crippen LogP contribution in [-0.2, 0) is 12.4 Å². The van der Waals surface area contributed by atoms with Crippen molar-refractivity contribution in [3.63, 3.8) is 0 Å². The first kappa shape index (κ1) is 17.4. The fraction of sp³-hybridized carbons (Fsp3) is 0.133. The van der Waals surface area contributed by atoms with Gasteiger partial charge in [-0.3, -0.25) is 0 Å². The maximum atomic E-state index is 13.0. The highest BCUT2D eigenvalue weighted by atomic mass is 35.5. The number of hydrogen-bond acceptors (Lipinski definition) is 3. The van der Waals surface area contributed by atoms with E-state index in [1.165, 1.54) is 18.2 Å². The monoisotopic (exact) mass is 380 g/mol. The van der Waals surface area contributed by atoms with Crippen molar-refractivity contribution in [1.82, 2.24) is 4.98 Å². The summed E-state index contributed by atoms with van der Waals surface area (Å²) in [4.78, 5) is 3.87. The SMILES string of the molecule is FC(F)(F)c1ccc(C(F)(F)F)c(Nc2nc3cc(Cl)ccc3o2)c1. The van der Waals surface area contributed by atoms with E-state index in [1.807, 2.05) is 0 Å². The molecule has 0 fully saturated rings. The minimum absolute atomic E-state index is 0.215. The normalized spacial score (nSPS) is 12.6. The van der Waals surface area contributed by atoms with Crippen LogP contribution >= 0.6 is 11.6 Å². The molecular formula is C15H7ClF6N2O. The number of benzene rings is 2. The molecular weight excluding hydrogens is 374 g/mol. The number of fused-ring (bicyclic) bond motifs is 1. The van der Waals surface area contributed by atoms with Crippen LogP contribution in [0.1, 0.15) is 11.1 Å². The molecule has 1 aromatic heterocycles. The van der Waals surface area contributed by atoms with E-state index in [1.54, 1.807) is 0 Å². The molecule has 2 aromatic carbocycles. The lowest BCUT2D eigenvalue weighted by Gasteiger charge is -2.15. The van der Waals surface area contributed by atoms with Crippen molar-refractivity contribution in [3.8, 4) is 0 Å². The van der Waals surface area contributed by atoms with E-state index in [4.69, 9.17) is 16.0 Å². The first-order valence-electron chi connectivity index (χ1n) is 6.65. The van der Waals surface area contributed by atoms with Crippen molar-refractivity contribution < 1.29 is 30.8 Å². The van der Waals surface area contributed by atoms with Gasteiger partial charge < -0.3 is 9.73 Å². The van der Waals surface area contributed by atoms with Gasteiger partial charge in [-0.2, -0.15) is 31.3 Å². The molecule has 0 saturated carbocycles. The van der Waals surface area contributed by atoms with Crippen LogP contribution in [0.4, 0.5) is 38.0 Å². The van der Waals surface area contributed by atoms with Gasteiger partial charge in [0.2, 0.25) is 0 Å². The Hall–Kier alpha value is -2.42. The van der Waals surface area contributed by atoms with E-state index < -0.39 is 29.2 Å². The fourth-order valence-corrected chi connectivity index (χ4v) is 2.31. The van der Waals surface area contributed by atoms with Crippen LogP contribution in [0.25, 0.3) is 11.1 Å². The summed E-state index contributed by atoms with van der Waals surface area (Å²) in [5.41, 5.74) is -2.87. The number of anilines is 2. The van der Waals surface area contributed by atoms with Gasteiger partial charge in [-0.05, 0) is 36.4 Å². The molecule has 1 N–H and O–H groups in total. The second-order valence-electron chi connectivity index (χ2n) is 5.01. The maximum absolute atomic E-state index is 13.0. The van der Waals surface area contributed by atoms with Gasteiger partial charge in [0.05, 0.1) is 16.8 Å². The van der Waals surface area contributed by atoms with Crippen LogP contribution in [-0.4, -0.2) is 4.98 Å². The summed E-state index contributed by atoms with van der Waals surface area (Å²) in [5, 5.41) is 2.48. The molecule has 0 atom stereocenters. The molecule has 0 saturated heterocycles. The summed E-state index contributed by atoms with van der Waals surface area (Å²) >= 11 is 5.77. The zero-order chi connectivity index (χ0) is 18.4. The van der Waals surface area contributed by atoms with Crippen molar-refractivity contribution in [2.75, 3.05) is 5.32 Å². The summed E-state index contributed by atoms with van der Waals surface area (Å²) in [6.45, 7) is 0. The Morgan fingerprint density at radius 1 is 0.920 bits per heavy atom. The Morgan fingerprint density at radius 3 is 2.28 bits per heavy atom. The van der Waals surface area contributed by atoms with Gasteiger partial charge in [0.1, 0.15) is 5.52 Å². The van der Waals surface area contributed by atoms with Gasteiger partial charge >= 0.3 is 12.4 Å². The first-order valence-corrected chi connectivity index (χ1v) is 7.03. The van der Waals surface area contributed by atoms with Crippen LogP contribution in [0.2, 0.25) is 5.02 Å². The zero-order valence-corrected chi connectivity index (χ0v) is 12.7. The lowest BCUT2D eigenvalue weighted by Crippen LogP contribution is -2.12. The minimum Gasteiger partial charge on any atom is -0.423 e. The summed E-state index contributed by atoms with van der Waals surface area (Å²) < 4.78 is 82.7. The highest BCUT2D eigenvalue weighted by Crippen LogP contribution is 2.40. The second-order valence-corrected chi connectivity index (χ2v) is 5.45. The molecule has 25 heavy (non-hydrogen) atoms. The standard InChI is InChI=1S/C15H7ClF6N2O/c16-8-2-4-12-11(6-8)24-13(25-12)23-10-5-7(14(17,18)19)1-3-9(10)15(20,21)22/h1-6H,(H,23,24). The lowest BCUT2D eigenvalue weighted by atomic mass is 10.1. The second kappa shape index (κ2) is 5.83. The number of oxazole rings is 1. The molecule has 0 radical (unpaired) electrons. The van der Waals surface area contributed by atoms with E-state index in [0.717, 1.165) is 0 Å². The summed E-state index contributed by atoms with van der Waals surface area (Å²) in [6, 6.07) is 5.00. The number of halogens is 7. The molecule has 0 aliphatic carbocycles. The first-order chi connectivity index (χ1) is 11.5. The average Bonchev–Trinajstić information content (AvgIpc) is 2.86. The third-order valence-electron chi connectivity index (χ3n) is 3.24. The van der Waals surface area contributed by atoms with Crippen molar-refractivity contribution >= 4 is 34.4 Å². The van der Waals surface area contributed by atoms with E-state index in [0.29, 0.717) is 23.2 Å². The van der Waals surface area contributed by atoms with Crippen LogP contribution in [0, 0.1) is 0 Å². The summed E-state index contributed by atoms with van der Waals surface area (Å²) in [7, 11) is 0. The highest BCUT2D eigenvalue weighted by Gasteiger charge is 2.37. The van der Waals surface area contributed by atoms with Gasteiger partial charge in [0.15, 0.2) is 5.58 Å². The molecule has 0 aliphatic heterocycles. The Balaban J connectivity index is 2.06. The van der Waals surface area contributed by atoms with Gasteiger partial charge in [-0.25, -0.2) is 0 Å². The molecule has 0 unspecified atom stereocenters. The van der Waals surface area contributed by atoms with Gasteiger partial charge in [-0.1, -0.05) is 11.6 Å². The number of nitrogens with zero attached hydrogens (tertiary/aromatic N) is 1. The molecule has 0 bridgehead atoms. The Kier molecular flexibility index (Phi) is 4.06. The number of nitrogens with one attached hydrogen (secondary N) is 1. The van der Waals surface area contributed by atoms with Crippen molar-refractivity contribution in [2.24, 2.45) is 0 Å². The Morgan fingerprint density at radius 2 is 1.64 bits per heavy atom. The highest BCUT2D eigenvalue weighted by molar-refractivity contribution is 6.31. The van der Waals surface area contributed by atoms with Crippen LogP contribution in [0.5, 0.6) is 0 Å². The molecule has 3 nitrogen and oxygen atoms in total. The maximum Gasteiger partial charge on any atom is 0.418 e. The van der Waals surface area contributed by atoms with Gasteiger partial charge in [0.25, 0.3) is 6.01 Å². The third-order valence-corrected chi connectivity index (χ3v) is 3.48. The zero-order valence-electron chi connectivity index (χ0n) is 12.0. The van der Waals surface area contributed by atoms with E-state index >= 15 is 0 Å². The van der Waals surface area contributed by atoms with E-state index in [-0.39, 0.29) is 17.1 Å². The molecule has 0 aliphatic rings. The largest absolute Gasteiger partial charge is 0.423 e. The number of aromatic nitrogens is 1. The predicted octanol–water partition coefficient (Wildman–Crippen LogP) is 6.26. The summed E-state index contributed by atoms with van der Waals surface area (Å²) in [6.07, 6.45) is -9.66. The summed E-state index contributed by atoms with van der Waals surface area (Å²) in [5.74, 6) is 0. The molecule has 132 valence electrons. The topological polar surface area (TPSA) is 38.1 Å². The van der Waals surface area contributed by atoms with Crippen molar-refractivity contribution in [2.45, 2.75) is 12.4 Å². The Labute approximate surface area is 141 Å². The van der Waals surface area contributed by atoms with Crippen LogP contribution in [0.15, 0.2) is 40.8 Å². The van der Waals surface area contributed by atoms with Crippen LogP contribution < -0.4 is 5.32 Å². The number of rotatable bonds is 2. The van der Waals surface area contributed by atoms with Gasteiger partial charge in [-0.15, -0.1) is 0 Å². The fourth-order valence-electron chi connectivity index (χ4n) is 2.14. The molecule has 0 spiro atoms. The van der Waals surface area contributed by atoms with E-state index in [9.17, 15) is 26.3 Å². The van der Waals surface area contributed by atoms with Crippen molar-refractivity contribution in [1.29, 1.82) is 0 Å². The molecule has 1 heterocycles. The quantitative estimate of drug-likeness (QED) is 0.533. The molecule has 0 amide bonds. The average molecular weight is 381 g/mol. The van der Waals surface area contributed by atoms with Gasteiger partial charge in [0, 0.05) is 5.02 Å². The third kappa shape index (κ3) is 3.65. The lowest BCUT2D eigenvalue weighted by molar-refractivity contribution is -0.140. The van der Waals surface area contributed by atoms with Crippen LogP contribution in [0.3, 0.4) is 0 Å². The number of alkyl halides is 6. The smallest absolute Gasteiger partial charge is 0.418 e. The molecule has 10 heteroatoms. The molecule has 3 aromatic rings. The predicted molar refractivity (Wildman–Crippen MR) is 78.7 cm³/mol. The van der Waals surface area contributed by atoms with Crippen molar-refractivity contribution in [3.05, 3.63) is 52.5 Å². The Bertz CT molecular complexity index is 932.